The maximum atomic E-state index is 6.01. The van der Waals surface area contributed by atoms with Gasteiger partial charge >= 0.3 is 0 Å². The molecule has 3 aromatic rings. The van der Waals surface area contributed by atoms with Crippen LogP contribution >= 0.6 is 39.1 Å². The minimum absolute atomic E-state index is 0.328. The van der Waals surface area contributed by atoms with Crippen molar-refractivity contribution in [3.63, 3.8) is 0 Å². The Morgan fingerprint density at radius 1 is 1.00 bits per heavy atom. The molecule has 2 aromatic carbocycles. The third-order valence-corrected chi connectivity index (χ3v) is 4.01. The highest BCUT2D eigenvalue weighted by atomic mass is 79.9. The second-order valence-corrected chi connectivity index (χ2v) is 6.01. The molecule has 21 heavy (non-hydrogen) atoms. The fraction of sp³-hybridized carbons (Fsp3) is 0. The standard InChI is InChI=1S/C14H8BrCl2N3O/c15-9-3-1-7(2-4-9)13-19-14(21-20-13)8-5-10(16)12(18)11(17)6-8/h1-6H,18H2. The Labute approximate surface area is 139 Å². The van der Waals surface area contributed by atoms with Gasteiger partial charge in [0.1, 0.15) is 0 Å². The van der Waals surface area contributed by atoms with Crippen LogP contribution in [-0.4, -0.2) is 10.1 Å². The fourth-order valence-corrected chi connectivity index (χ4v) is 2.52. The van der Waals surface area contributed by atoms with Gasteiger partial charge in [-0.1, -0.05) is 44.3 Å². The minimum atomic E-state index is 0.328. The largest absolute Gasteiger partial charge is 0.396 e. The van der Waals surface area contributed by atoms with Crippen LogP contribution in [0.15, 0.2) is 45.4 Å². The molecule has 0 atom stereocenters. The summed E-state index contributed by atoms with van der Waals surface area (Å²) in [5.41, 5.74) is 7.50. The molecule has 7 heteroatoms. The number of nitrogen functional groups attached to an aromatic ring is 1. The molecule has 1 heterocycles. The predicted molar refractivity (Wildman–Crippen MR) is 87.3 cm³/mol. The smallest absolute Gasteiger partial charge is 0.258 e. The molecule has 4 nitrogen and oxygen atoms in total. The van der Waals surface area contributed by atoms with Gasteiger partial charge in [0, 0.05) is 15.6 Å². The molecule has 0 bridgehead atoms. The van der Waals surface area contributed by atoms with E-state index in [1.807, 2.05) is 24.3 Å². The minimum Gasteiger partial charge on any atom is -0.396 e. The molecule has 106 valence electrons. The lowest BCUT2D eigenvalue weighted by atomic mass is 10.2. The van der Waals surface area contributed by atoms with E-state index in [-0.39, 0.29) is 0 Å². The zero-order valence-electron chi connectivity index (χ0n) is 10.5. The monoisotopic (exact) mass is 383 g/mol. The van der Waals surface area contributed by atoms with E-state index in [1.165, 1.54) is 0 Å². The van der Waals surface area contributed by atoms with Gasteiger partial charge < -0.3 is 10.3 Å². The number of halogens is 3. The number of benzene rings is 2. The van der Waals surface area contributed by atoms with Crippen molar-refractivity contribution in [1.82, 2.24) is 10.1 Å². The molecule has 0 aliphatic heterocycles. The predicted octanol–water partition coefficient (Wildman–Crippen LogP) is 5.06. The number of anilines is 1. The molecular formula is C14H8BrCl2N3O. The van der Waals surface area contributed by atoms with E-state index in [9.17, 15) is 0 Å². The highest BCUT2D eigenvalue weighted by Gasteiger charge is 2.13. The molecule has 0 fully saturated rings. The number of rotatable bonds is 2. The summed E-state index contributed by atoms with van der Waals surface area (Å²) in [6.07, 6.45) is 0. The van der Waals surface area contributed by atoms with Crippen molar-refractivity contribution in [3.8, 4) is 22.8 Å². The lowest BCUT2D eigenvalue weighted by Crippen LogP contribution is -1.89. The Morgan fingerprint density at radius 2 is 1.62 bits per heavy atom. The summed E-state index contributed by atoms with van der Waals surface area (Å²) in [5.74, 6) is 0.818. The van der Waals surface area contributed by atoms with Crippen LogP contribution in [0.2, 0.25) is 10.0 Å². The van der Waals surface area contributed by atoms with Crippen LogP contribution in [0.4, 0.5) is 5.69 Å². The Kier molecular flexibility index (Phi) is 3.89. The second-order valence-electron chi connectivity index (χ2n) is 4.28. The zero-order valence-corrected chi connectivity index (χ0v) is 13.6. The fourth-order valence-electron chi connectivity index (χ4n) is 1.76. The van der Waals surface area contributed by atoms with E-state index >= 15 is 0 Å². The molecule has 2 N–H and O–H groups in total. The summed E-state index contributed by atoms with van der Waals surface area (Å²) in [7, 11) is 0. The first-order chi connectivity index (χ1) is 10.0. The van der Waals surface area contributed by atoms with Gasteiger partial charge in [-0.15, -0.1) is 0 Å². The number of nitrogens with two attached hydrogens (primary N) is 1. The van der Waals surface area contributed by atoms with Crippen molar-refractivity contribution in [2.45, 2.75) is 0 Å². The molecule has 0 radical (unpaired) electrons. The van der Waals surface area contributed by atoms with Crippen molar-refractivity contribution in [1.29, 1.82) is 0 Å². The van der Waals surface area contributed by atoms with Crippen LogP contribution < -0.4 is 5.73 Å². The highest BCUT2D eigenvalue weighted by molar-refractivity contribution is 9.10. The maximum Gasteiger partial charge on any atom is 0.258 e. The molecule has 0 aliphatic rings. The van der Waals surface area contributed by atoms with Crippen molar-refractivity contribution in [2.75, 3.05) is 5.73 Å². The lowest BCUT2D eigenvalue weighted by Gasteiger charge is -2.02. The van der Waals surface area contributed by atoms with Crippen molar-refractivity contribution >= 4 is 44.8 Å². The van der Waals surface area contributed by atoms with Gasteiger partial charge in [0.05, 0.1) is 15.7 Å². The number of hydrogen-bond donors (Lipinski definition) is 1. The Morgan fingerprint density at radius 3 is 2.24 bits per heavy atom. The van der Waals surface area contributed by atoms with Gasteiger partial charge in [0.15, 0.2) is 0 Å². The molecule has 0 aliphatic carbocycles. The van der Waals surface area contributed by atoms with E-state index in [0.717, 1.165) is 10.0 Å². The third-order valence-electron chi connectivity index (χ3n) is 2.85. The molecule has 0 amide bonds. The third kappa shape index (κ3) is 2.90. The van der Waals surface area contributed by atoms with Crippen molar-refractivity contribution < 1.29 is 4.52 Å². The number of nitrogens with zero attached hydrogens (tertiary/aromatic N) is 2. The van der Waals surface area contributed by atoms with Crippen LogP contribution in [-0.2, 0) is 0 Å². The molecule has 0 spiro atoms. The molecule has 0 saturated heterocycles. The molecule has 1 aromatic heterocycles. The van der Waals surface area contributed by atoms with Gasteiger partial charge in [-0.3, -0.25) is 0 Å². The SMILES string of the molecule is Nc1c(Cl)cc(-c2nc(-c3ccc(Br)cc3)no2)cc1Cl. The van der Waals surface area contributed by atoms with Gasteiger partial charge in [-0.05, 0) is 36.4 Å². The summed E-state index contributed by atoms with van der Waals surface area (Å²) in [4.78, 5) is 4.34. The average molecular weight is 385 g/mol. The summed E-state index contributed by atoms with van der Waals surface area (Å²) in [6.45, 7) is 0. The Bertz CT molecular complexity index is 779. The summed E-state index contributed by atoms with van der Waals surface area (Å²) >= 11 is 15.4. The van der Waals surface area contributed by atoms with E-state index in [4.69, 9.17) is 33.5 Å². The van der Waals surface area contributed by atoms with Crippen LogP contribution in [0.1, 0.15) is 0 Å². The maximum absolute atomic E-state index is 6.01. The topological polar surface area (TPSA) is 64.9 Å². The Balaban J connectivity index is 2.00. The average Bonchev–Trinajstić information content (AvgIpc) is 2.95. The zero-order chi connectivity index (χ0) is 15.0. The van der Waals surface area contributed by atoms with Crippen LogP contribution in [0.25, 0.3) is 22.8 Å². The number of aromatic nitrogens is 2. The second kappa shape index (κ2) is 5.67. The number of hydrogen-bond acceptors (Lipinski definition) is 4. The highest BCUT2D eigenvalue weighted by Crippen LogP contribution is 2.33. The summed E-state index contributed by atoms with van der Waals surface area (Å²) in [6, 6.07) is 10.9. The Hall–Kier alpha value is -1.56. The van der Waals surface area contributed by atoms with E-state index in [0.29, 0.717) is 33.0 Å². The normalized spacial score (nSPS) is 10.8. The van der Waals surface area contributed by atoms with E-state index < -0.39 is 0 Å². The van der Waals surface area contributed by atoms with E-state index in [1.54, 1.807) is 12.1 Å². The summed E-state index contributed by atoms with van der Waals surface area (Å²) < 4.78 is 6.23. The van der Waals surface area contributed by atoms with Crippen LogP contribution in [0, 0.1) is 0 Å². The van der Waals surface area contributed by atoms with E-state index in [2.05, 4.69) is 26.1 Å². The summed E-state index contributed by atoms with van der Waals surface area (Å²) in [5, 5.41) is 4.65. The molecule has 0 unspecified atom stereocenters. The quantitative estimate of drug-likeness (QED) is 0.627. The van der Waals surface area contributed by atoms with Gasteiger partial charge in [-0.2, -0.15) is 4.98 Å². The van der Waals surface area contributed by atoms with Gasteiger partial charge in [0.25, 0.3) is 5.89 Å². The lowest BCUT2D eigenvalue weighted by molar-refractivity contribution is 0.432. The van der Waals surface area contributed by atoms with Crippen molar-refractivity contribution in [3.05, 3.63) is 50.9 Å². The van der Waals surface area contributed by atoms with Gasteiger partial charge in [-0.25, -0.2) is 0 Å². The van der Waals surface area contributed by atoms with Crippen molar-refractivity contribution in [2.24, 2.45) is 0 Å². The van der Waals surface area contributed by atoms with Crippen LogP contribution in [0.3, 0.4) is 0 Å². The molecule has 0 saturated carbocycles. The first kappa shape index (κ1) is 14.4. The van der Waals surface area contributed by atoms with Gasteiger partial charge in [0.2, 0.25) is 5.82 Å². The first-order valence-electron chi connectivity index (χ1n) is 5.89. The van der Waals surface area contributed by atoms with Crippen LogP contribution in [0.5, 0.6) is 0 Å². The molecule has 3 rings (SSSR count). The molecular weight excluding hydrogens is 377 g/mol. The first-order valence-corrected chi connectivity index (χ1v) is 7.44.